The summed E-state index contributed by atoms with van der Waals surface area (Å²) in [7, 11) is 1.64. The van der Waals surface area contributed by atoms with Gasteiger partial charge < -0.3 is 15.2 Å². The summed E-state index contributed by atoms with van der Waals surface area (Å²) >= 11 is 5.13. The predicted octanol–water partition coefficient (Wildman–Crippen LogP) is 3.99. The summed E-state index contributed by atoms with van der Waals surface area (Å²) in [5.41, 5.74) is 6.02. The minimum atomic E-state index is -0.148. The van der Waals surface area contributed by atoms with Crippen LogP contribution in [0.15, 0.2) is 40.2 Å². The third-order valence-electron chi connectivity index (χ3n) is 2.69. The third kappa shape index (κ3) is 3.49. The molecule has 2 aromatic rings. The molecule has 2 atom stereocenters. The number of rotatable bonds is 5. The van der Waals surface area contributed by atoms with E-state index < -0.39 is 0 Å². The number of halogens is 1. The van der Waals surface area contributed by atoms with Gasteiger partial charge in [-0.1, -0.05) is 6.07 Å². The monoisotopic (exact) mass is 341 g/mol. The molecule has 0 bridgehead atoms. The highest BCUT2D eigenvalue weighted by Crippen LogP contribution is 2.34. The van der Waals surface area contributed by atoms with Crippen molar-refractivity contribution in [2.75, 3.05) is 7.11 Å². The smallest absolute Gasteiger partial charge is 0.148 e. The predicted molar refractivity (Wildman–Crippen MR) is 82.0 cm³/mol. The summed E-state index contributed by atoms with van der Waals surface area (Å²) < 4.78 is 12.1. The second-order valence-corrected chi connectivity index (χ2v) is 6.04. The Morgan fingerprint density at radius 2 is 2.11 bits per heavy atom. The number of benzene rings is 1. The molecule has 102 valence electrons. The zero-order valence-corrected chi connectivity index (χ0v) is 13.2. The molecule has 2 rings (SSSR count). The molecule has 2 N–H and O–H groups in total. The topological polar surface area (TPSA) is 44.5 Å². The largest absolute Gasteiger partial charge is 0.497 e. The number of hydrogen-bond donors (Lipinski definition) is 1. The molecule has 0 saturated heterocycles. The van der Waals surface area contributed by atoms with Gasteiger partial charge in [-0.05, 0) is 52.5 Å². The van der Waals surface area contributed by atoms with E-state index in [1.807, 2.05) is 42.6 Å². The lowest BCUT2D eigenvalue weighted by molar-refractivity contribution is 0.182. The van der Waals surface area contributed by atoms with Gasteiger partial charge in [0, 0.05) is 10.9 Å². The lowest BCUT2D eigenvalue weighted by Crippen LogP contribution is -2.28. The van der Waals surface area contributed by atoms with Gasteiger partial charge in [0.1, 0.15) is 17.6 Å². The summed E-state index contributed by atoms with van der Waals surface area (Å²) in [6.45, 7) is 1.95. The van der Waals surface area contributed by atoms with Crippen LogP contribution in [0, 0.1) is 0 Å². The first kappa shape index (κ1) is 14.4. The zero-order chi connectivity index (χ0) is 13.8. The Balaban J connectivity index is 2.23. The van der Waals surface area contributed by atoms with E-state index in [1.54, 1.807) is 18.4 Å². The van der Waals surface area contributed by atoms with Gasteiger partial charge in [-0.2, -0.15) is 0 Å². The van der Waals surface area contributed by atoms with Gasteiger partial charge in [-0.25, -0.2) is 0 Å². The van der Waals surface area contributed by atoms with Gasteiger partial charge in [0.25, 0.3) is 0 Å². The minimum absolute atomic E-state index is 0.0901. The molecule has 0 aliphatic heterocycles. The Hall–Kier alpha value is -1.04. The van der Waals surface area contributed by atoms with Crippen molar-refractivity contribution < 1.29 is 9.47 Å². The van der Waals surface area contributed by atoms with E-state index >= 15 is 0 Å². The van der Waals surface area contributed by atoms with Crippen molar-refractivity contribution >= 4 is 27.3 Å². The Bertz CT molecular complexity index is 528. The van der Waals surface area contributed by atoms with Crippen molar-refractivity contribution in [3.05, 3.63) is 45.1 Å². The van der Waals surface area contributed by atoms with E-state index in [0.717, 1.165) is 20.8 Å². The molecule has 0 fully saturated rings. The number of nitrogens with two attached hydrogens (primary N) is 1. The van der Waals surface area contributed by atoms with Crippen molar-refractivity contribution in [1.29, 1.82) is 0 Å². The lowest BCUT2D eigenvalue weighted by Gasteiger charge is -2.22. The molecule has 19 heavy (non-hydrogen) atoms. The maximum Gasteiger partial charge on any atom is 0.148 e. The van der Waals surface area contributed by atoms with Crippen molar-refractivity contribution in [3.63, 3.8) is 0 Å². The fourth-order valence-electron chi connectivity index (χ4n) is 1.72. The van der Waals surface area contributed by atoms with Crippen molar-refractivity contribution in [3.8, 4) is 11.5 Å². The molecule has 0 saturated carbocycles. The average Bonchev–Trinajstić information content (AvgIpc) is 2.90. The second kappa shape index (κ2) is 6.41. The van der Waals surface area contributed by atoms with E-state index in [9.17, 15) is 0 Å². The van der Waals surface area contributed by atoms with Crippen molar-refractivity contribution in [1.82, 2.24) is 0 Å². The van der Waals surface area contributed by atoms with Crippen LogP contribution in [0.1, 0.15) is 17.9 Å². The van der Waals surface area contributed by atoms with Crippen LogP contribution in [0.3, 0.4) is 0 Å². The van der Waals surface area contributed by atoms with Gasteiger partial charge in [0.05, 0.1) is 11.6 Å². The van der Waals surface area contributed by atoms with E-state index in [0.29, 0.717) is 0 Å². The van der Waals surface area contributed by atoms with Crippen LogP contribution in [0.4, 0.5) is 0 Å². The highest BCUT2D eigenvalue weighted by atomic mass is 79.9. The van der Waals surface area contributed by atoms with Gasteiger partial charge in [0.15, 0.2) is 0 Å². The van der Waals surface area contributed by atoms with Gasteiger partial charge in [-0.15, -0.1) is 11.3 Å². The van der Waals surface area contributed by atoms with Gasteiger partial charge >= 0.3 is 0 Å². The first-order chi connectivity index (χ1) is 9.11. The SMILES string of the molecule is COc1ccc(OC(c2cccs2)C(C)N)c(Br)c1. The fourth-order valence-corrected chi connectivity index (χ4v) is 3.04. The summed E-state index contributed by atoms with van der Waals surface area (Å²) in [5.74, 6) is 1.55. The first-order valence-corrected chi connectivity index (χ1v) is 7.58. The minimum Gasteiger partial charge on any atom is -0.497 e. The Morgan fingerprint density at radius 1 is 1.32 bits per heavy atom. The molecule has 1 aromatic carbocycles. The first-order valence-electron chi connectivity index (χ1n) is 5.91. The van der Waals surface area contributed by atoms with Crippen LogP contribution in [-0.4, -0.2) is 13.2 Å². The van der Waals surface area contributed by atoms with Crippen LogP contribution in [0.5, 0.6) is 11.5 Å². The molecule has 0 radical (unpaired) electrons. The average molecular weight is 342 g/mol. The van der Waals surface area contributed by atoms with Crippen LogP contribution in [-0.2, 0) is 0 Å². The highest BCUT2D eigenvalue weighted by molar-refractivity contribution is 9.10. The lowest BCUT2D eigenvalue weighted by atomic mass is 10.1. The second-order valence-electron chi connectivity index (χ2n) is 4.21. The molecule has 1 heterocycles. The zero-order valence-electron chi connectivity index (χ0n) is 10.8. The molecule has 2 unspecified atom stereocenters. The van der Waals surface area contributed by atoms with Gasteiger partial charge in [0.2, 0.25) is 0 Å². The maximum absolute atomic E-state index is 6.03. The van der Waals surface area contributed by atoms with E-state index in [1.165, 1.54) is 0 Å². The molecule has 0 aliphatic rings. The summed E-state index contributed by atoms with van der Waals surface area (Å²) in [6, 6.07) is 9.58. The standard InChI is InChI=1S/C14H16BrNO2S/c1-9(16)14(13-4-3-7-19-13)18-12-6-5-10(17-2)8-11(12)15/h3-9,14H,16H2,1-2H3. The van der Waals surface area contributed by atoms with E-state index in [4.69, 9.17) is 15.2 Å². The Labute approximate surface area is 125 Å². The van der Waals surface area contributed by atoms with Crippen LogP contribution < -0.4 is 15.2 Å². The molecule has 1 aromatic heterocycles. The van der Waals surface area contributed by atoms with E-state index in [2.05, 4.69) is 15.9 Å². The quantitative estimate of drug-likeness (QED) is 0.894. The van der Waals surface area contributed by atoms with Crippen molar-refractivity contribution in [2.45, 2.75) is 19.1 Å². The number of hydrogen-bond acceptors (Lipinski definition) is 4. The number of ether oxygens (including phenoxy) is 2. The molecule has 0 amide bonds. The number of thiophene rings is 1. The summed E-state index contributed by atoms with van der Waals surface area (Å²) in [5, 5.41) is 2.02. The van der Waals surface area contributed by atoms with E-state index in [-0.39, 0.29) is 12.1 Å². The fraction of sp³-hybridized carbons (Fsp3) is 0.286. The third-order valence-corrected chi connectivity index (χ3v) is 4.25. The Kier molecular flexibility index (Phi) is 4.85. The molecule has 3 nitrogen and oxygen atoms in total. The molecule has 5 heteroatoms. The molecular weight excluding hydrogens is 326 g/mol. The van der Waals surface area contributed by atoms with Crippen molar-refractivity contribution in [2.24, 2.45) is 5.73 Å². The summed E-state index contributed by atoms with van der Waals surface area (Å²) in [4.78, 5) is 1.12. The number of methoxy groups -OCH3 is 1. The van der Waals surface area contributed by atoms with Crippen LogP contribution >= 0.6 is 27.3 Å². The Morgan fingerprint density at radius 3 is 2.63 bits per heavy atom. The highest BCUT2D eigenvalue weighted by Gasteiger charge is 2.20. The summed E-state index contributed by atoms with van der Waals surface area (Å²) in [6.07, 6.45) is -0.148. The maximum atomic E-state index is 6.03. The van der Waals surface area contributed by atoms with Crippen LogP contribution in [0.2, 0.25) is 0 Å². The van der Waals surface area contributed by atoms with Gasteiger partial charge in [-0.3, -0.25) is 0 Å². The van der Waals surface area contributed by atoms with Crippen LogP contribution in [0.25, 0.3) is 0 Å². The molecular formula is C14H16BrNO2S. The normalized spacial score (nSPS) is 13.9. The molecule has 0 aliphatic carbocycles. The molecule has 0 spiro atoms.